The molecule has 0 aliphatic carbocycles. The molecule has 1 aliphatic rings. The third-order valence-corrected chi connectivity index (χ3v) is 4.73. The van der Waals surface area contributed by atoms with Crippen LogP contribution in [0.3, 0.4) is 0 Å². The zero-order valence-electron chi connectivity index (χ0n) is 14.8. The van der Waals surface area contributed by atoms with Crippen LogP contribution in [0, 0.1) is 6.92 Å². The fraction of sp³-hybridized carbons (Fsp3) is 0.182. The molecule has 2 aromatic carbocycles. The molecule has 0 atom stereocenters. The summed E-state index contributed by atoms with van der Waals surface area (Å²) in [5.74, 6) is -0.0473. The van der Waals surface area contributed by atoms with Gasteiger partial charge in [0.2, 0.25) is 0 Å². The first kappa shape index (κ1) is 16.3. The molecule has 1 aromatic heterocycles. The molecule has 0 bridgehead atoms. The first-order valence-corrected chi connectivity index (χ1v) is 8.86. The number of hydrogen-bond acceptors (Lipinski definition) is 3. The molecule has 26 heavy (non-hydrogen) atoms. The van der Waals surface area contributed by atoms with Gasteiger partial charge in [-0.2, -0.15) is 0 Å². The van der Waals surface area contributed by atoms with Crippen LogP contribution < -0.4 is 10.2 Å². The number of rotatable bonds is 4. The number of aryl methyl sites for hydroxylation is 1. The van der Waals surface area contributed by atoms with E-state index in [2.05, 4.69) is 47.6 Å². The molecular weight excluding hydrogens is 322 g/mol. The van der Waals surface area contributed by atoms with Crippen LogP contribution in [0.1, 0.15) is 27.2 Å². The predicted octanol–water partition coefficient (Wildman–Crippen LogP) is 4.21. The average Bonchev–Trinajstić information content (AvgIpc) is 3.11. The van der Waals surface area contributed by atoms with Gasteiger partial charge in [0.15, 0.2) is 0 Å². The number of carbonyl (C=O) groups is 1. The normalized spacial score (nSPS) is 12.7. The summed E-state index contributed by atoms with van der Waals surface area (Å²) in [5, 5.41) is 3.37. The maximum Gasteiger partial charge on any atom is 0.276 e. The van der Waals surface area contributed by atoms with E-state index in [4.69, 9.17) is 0 Å². The van der Waals surface area contributed by atoms with Gasteiger partial charge in [-0.15, -0.1) is 0 Å². The number of nitrogens with one attached hydrogen (secondary N) is 1. The molecule has 4 nitrogen and oxygen atoms in total. The van der Waals surface area contributed by atoms with E-state index in [1.165, 1.54) is 16.7 Å². The maximum atomic E-state index is 12.9. The third kappa shape index (κ3) is 3.31. The Morgan fingerprint density at radius 3 is 2.77 bits per heavy atom. The summed E-state index contributed by atoms with van der Waals surface area (Å²) in [7, 11) is 0. The summed E-state index contributed by atoms with van der Waals surface area (Å²) in [6.07, 6.45) is 2.58. The lowest BCUT2D eigenvalue weighted by molar-refractivity contribution is 0.0984. The van der Waals surface area contributed by atoms with Gasteiger partial charge in [0.1, 0.15) is 5.69 Å². The van der Waals surface area contributed by atoms with Crippen LogP contribution in [-0.4, -0.2) is 17.4 Å². The minimum absolute atomic E-state index is 0.0473. The number of nitrogens with zero attached hydrogens (tertiary/aromatic N) is 2. The van der Waals surface area contributed by atoms with Gasteiger partial charge >= 0.3 is 0 Å². The Kier molecular flexibility index (Phi) is 4.40. The van der Waals surface area contributed by atoms with Crippen molar-refractivity contribution in [1.82, 2.24) is 4.98 Å². The van der Waals surface area contributed by atoms with Crippen LogP contribution in [0.25, 0.3) is 0 Å². The molecule has 0 spiro atoms. The van der Waals surface area contributed by atoms with E-state index in [9.17, 15) is 4.79 Å². The zero-order valence-corrected chi connectivity index (χ0v) is 14.8. The van der Waals surface area contributed by atoms with Crippen LogP contribution in [0.15, 0.2) is 66.9 Å². The number of amides is 1. The number of fused-ring (bicyclic) bond motifs is 1. The molecule has 2 heterocycles. The standard InChI is InChI=1S/C22H21N3O/c1-16-6-8-17(9-7-16)15-24-19-10-12-23-20(14-19)22(26)25-13-11-18-4-2-3-5-21(18)25/h2-10,12,14H,11,13,15H2,1H3,(H,23,24). The highest BCUT2D eigenvalue weighted by Crippen LogP contribution is 2.28. The topological polar surface area (TPSA) is 45.2 Å². The maximum absolute atomic E-state index is 12.9. The number of carbonyl (C=O) groups excluding carboxylic acids is 1. The molecule has 3 aromatic rings. The second-order valence-corrected chi connectivity index (χ2v) is 6.60. The molecule has 0 saturated heterocycles. The highest BCUT2D eigenvalue weighted by atomic mass is 16.2. The van der Waals surface area contributed by atoms with E-state index < -0.39 is 0 Å². The fourth-order valence-corrected chi connectivity index (χ4v) is 3.25. The summed E-state index contributed by atoms with van der Waals surface area (Å²) in [4.78, 5) is 19.0. The zero-order chi connectivity index (χ0) is 17.9. The molecule has 130 valence electrons. The Morgan fingerprint density at radius 2 is 1.92 bits per heavy atom. The molecule has 4 rings (SSSR count). The number of anilines is 2. The van der Waals surface area contributed by atoms with Gasteiger partial charge in [-0.1, -0.05) is 48.0 Å². The van der Waals surface area contributed by atoms with Crippen LogP contribution in [-0.2, 0) is 13.0 Å². The Morgan fingerprint density at radius 1 is 1.12 bits per heavy atom. The summed E-state index contributed by atoms with van der Waals surface area (Å²) in [5.41, 5.74) is 6.03. The van der Waals surface area contributed by atoms with E-state index in [1.807, 2.05) is 35.2 Å². The summed E-state index contributed by atoms with van der Waals surface area (Å²) in [6.45, 7) is 3.50. The van der Waals surface area contributed by atoms with Gasteiger partial charge < -0.3 is 10.2 Å². The average molecular weight is 343 g/mol. The number of hydrogen-bond donors (Lipinski definition) is 1. The van der Waals surface area contributed by atoms with E-state index in [-0.39, 0.29) is 5.91 Å². The number of para-hydroxylation sites is 1. The van der Waals surface area contributed by atoms with Gasteiger partial charge in [-0.25, -0.2) is 0 Å². The number of benzene rings is 2. The van der Waals surface area contributed by atoms with Gasteiger partial charge in [-0.05, 0) is 42.7 Å². The molecule has 1 aliphatic heterocycles. The van der Waals surface area contributed by atoms with Crippen molar-refractivity contribution in [2.24, 2.45) is 0 Å². The molecule has 4 heteroatoms. The minimum atomic E-state index is -0.0473. The SMILES string of the molecule is Cc1ccc(CNc2ccnc(C(=O)N3CCc4ccccc43)c2)cc1. The lowest BCUT2D eigenvalue weighted by atomic mass is 10.1. The Hall–Kier alpha value is -3.14. The first-order chi connectivity index (χ1) is 12.7. The highest BCUT2D eigenvalue weighted by molar-refractivity contribution is 6.06. The van der Waals surface area contributed by atoms with Crippen LogP contribution in [0.4, 0.5) is 11.4 Å². The summed E-state index contributed by atoms with van der Waals surface area (Å²) in [6, 6.07) is 20.2. The molecule has 0 unspecified atom stereocenters. The minimum Gasteiger partial charge on any atom is -0.381 e. The van der Waals surface area contributed by atoms with Crippen molar-refractivity contribution in [3.05, 3.63) is 89.2 Å². The fourth-order valence-electron chi connectivity index (χ4n) is 3.25. The van der Waals surface area contributed by atoms with E-state index in [1.54, 1.807) is 6.20 Å². The largest absolute Gasteiger partial charge is 0.381 e. The number of aromatic nitrogens is 1. The van der Waals surface area contributed by atoms with E-state index in [0.29, 0.717) is 18.8 Å². The van der Waals surface area contributed by atoms with Gasteiger partial charge in [0, 0.05) is 30.7 Å². The summed E-state index contributed by atoms with van der Waals surface area (Å²) < 4.78 is 0. The molecule has 0 saturated carbocycles. The monoisotopic (exact) mass is 343 g/mol. The lowest BCUT2D eigenvalue weighted by Gasteiger charge is -2.17. The quantitative estimate of drug-likeness (QED) is 0.772. The van der Waals surface area contributed by atoms with Gasteiger partial charge in [-0.3, -0.25) is 9.78 Å². The first-order valence-electron chi connectivity index (χ1n) is 8.86. The molecular formula is C22H21N3O. The lowest BCUT2D eigenvalue weighted by Crippen LogP contribution is -2.29. The smallest absolute Gasteiger partial charge is 0.276 e. The van der Waals surface area contributed by atoms with Crippen molar-refractivity contribution in [1.29, 1.82) is 0 Å². The molecule has 0 radical (unpaired) electrons. The van der Waals surface area contributed by atoms with Crippen molar-refractivity contribution in [3.63, 3.8) is 0 Å². The third-order valence-electron chi connectivity index (χ3n) is 4.73. The number of pyridine rings is 1. The second-order valence-electron chi connectivity index (χ2n) is 6.60. The van der Waals surface area contributed by atoms with Crippen molar-refractivity contribution < 1.29 is 4.79 Å². The van der Waals surface area contributed by atoms with Crippen LogP contribution >= 0.6 is 0 Å². The van der Waals surface area contributed by atoms with Gasteiger partial charge in [0.25, 0.3) is 5.91 Å². The molecule has 1 N–H and O–H groups in total. The Balaban J connectivity index is 1.49. The van der Waals surface area contributed by atoms with E-state index >= 15 is 0 Å². The predicted molar refractivity (Wildman–Crippen MR) is 105 cm³/mol. The Labute approximate surface area is 153 Å². The molecule has 1 amide bonds. The van der Waals surface area contributed by atoms with Crippen LogP contribution in [0.2, 0.25) is 0 Å². The molecule has 0 fully saturated rings. The van der Waals surface area contributed by atoms with Crippen molar-refractivity contribution >= 4 is 17.3 Å². The van der Waals surface area contributed by atoms with Crippen molar-refractivity contribution in [3.8, 4) is 0 Å². The van der Waals surface area contributed by atoms with Crippen LogP contribution in [0.5, 0.6) is 0 Å². The second kappa shape index (κ2) is 7.00. The Bertz CT molecular complexity index is 934. The van der Waals surface area contributed by atoms with Crippen molar-refractivity contribution in [2.75, 3.05) is 16.8 Å². The summed E-state index contributed by atoms with van der Waals surface area (Å²) >= 11 is 0. The van der Waals surface area contributed by atoms with E-state index in [0.717, 1.165) is 17.8 Å². The van der Waals surface area contributed by atoms with Gasteiger partial charge in [0.05, 0.1) is 0 Å². The van der Waals surface area contributed by atoms with Crippen molar-refractivity contribution in [2.45, 2.75) is 19.9 Å². The highest BCUT2D eigenvalue weighted by Gasteiger charge is 2.25.